The normalized spacial score (nSPS) is 10.4. The first kappa shape index (κ1) is 15.0. The van der Waals surface area contributed by atoms with Gasteiger partial charge < -0.3 is 10.6 Å². The number of para-hydroxylation sites is 1. The van der Waals surface area contributed by atoms with E-state index in [0.29, 0.717) is 17.7 Å². The molecule has 5 nitrogen and oxygen atoms in total. The van der Waals surface area contributed by atoms with E-state index in [-0.39, 0.29) is 0 Å². The van der Waals surface area contributed by atoms with E-state index in [0.717, 1.165) is 16.9 Å². The maximum absolute atomic E-state index is 4.44. The molecule has 0 aliphatic carbocycles. The molecule has 0 atom stereocenters. The van der Waals surface area contributed by atoms with Crippen LogP contribution in [0.3, 0.4) is 0 Å². The maximum Gasteiger partial charge on any atom is 0.232 e. The summed E-state index contributed by atoms with van der Waals surface area (Å²) in [7, 11) is 0. The third-order valence-electron chi connectivity index (χ3n) is 3.45. The maximum atomic E-state index is 4.44. The molecule has 0 aliphatic rings. The second-order valence-electron chi connectivity index (χ2n) is 5.46. The highest BCUT2D eigenvalue weighted by Crippen LogP contribution is 2.19. The van der Waals surface area contributed by atoms with Crippen molar-refractivity contribution in [3.8, 4) is 0 Å². The molecule has 3 rings (SSSR count). The van der Waals surface area contributed by atoms with Crippen LogP contribution in [0.2, 0.25) is 0 Å². The van der Waals surface area contributed by atoms with Crippen LogP contribution in [0.15, 0.2) is 48.5 Å². The van der Waals surface area contributed by atoms with Gasteiger partial charge in [-0.25, -0.2) is 0 Å². The molecule has 0 fully saturated rings. The van der Waals surface area contributed by atoms with Gasteiger partial charge in [0, 0.05) is 11.4 Å². The molecule has 0 saturated heterocycles. The number of anilines is 4. The molecule has 5 heteroatoms. The molecule has 0 saturated carbocycles. The molecule has 0 radical (unpaired) electrons. The fourth-order valence-corrected chi connectivity index (χ4v) is 2.19. The molecule has 0 amide bonds. The van der Waals surface area contributed by atoms with Gasteiger partial charge in [-0.15, -0.1) is 0 Å². The van der Waals surface area contributed by atoms with Crippen LogP contribution < -0.4 is 10.6 Å². The van der Waals surface area contributed by atoms with Crippen molar-refractivity contribution in [2.24, 2.45) is 0 Å². The van der Waals surface area contributed by atoms with Crippen molar-refractivity contribution >= 4 is 23.3 Å². The number of benzene rings is 2. The topological polar surface area (TPSA) is 62.7 Å². The summed E-state index contributed by atoms with van der Waals surface area (Å²) in [5.74, 6) is 1.71. The zero-order chi connectivity index (χ0) is 16.2. The van der Waals surface area contributed by atoms with Crippen LogP contribution in [0.4, 0.5) is 23.3 Å². The number of rotatable bonds is 4. The van der Waals surface area contributed by atoms with Crippen molar-refractivity contribution in [2.45, 2.75) is 20.8 Å². The summed E-state index contributed by atoms with van der Waals surface area (Å²) in [6.45, 7) is 5.95. The summed E-state index contributed by atoms with van der Waals surface area (Å²) in [6, 6.07) is 16.1. The molecule has 0 unspecified atom stereocenters. The van der Waals surface area contributed by atoms with Crippen molar-refractivity contribution in [3.63, 3.8) is 0 Å². The Bertz CT molecular complexity index is 812. The lowest BCUT2D eigenvalue weighted by Gasteiger charge is -2.10. The minimum Gasteiger partial charge on any atom is -0.324 e. The van der Waals surface area contributed by atoms with Gasteiger partial charge in [0.1, 0.15) is 5.82 Å². The van der Waals surface area contributed by atoms with Crippen LogP contribution >= 0.6 is 0 Å². The highest BCUT2D eigenvalue weighted by atomic mass is 15.2. The summed E-state index contributed by atoms with van der Waals surface area (Å²) in [5, 5.41) is 6.46. The molecule has 0 bridgehead atoms. The monoisotopic (exact) mass is 305 g/mol. The molecular formula is C18H19N5. The molecule has 0 aliphatic heterocycles. The number of hydrogen-bond acceptors (Lipinski definition) is 5. The van der Waals surface area contributed by atoms with Gasteiger partial charge in [-0.3, -0.25) is 0 Å². The molecular weight excluding hydrogens is 286 g/mol. The molecule has 23 heavy (non-hydrogen) atoms. The molecule has 0 spiro atoms. The number of hydrogen-bond donors (Lipinski definition) is 2. The second-order valence-corrected chi connectivity index (χ2v) is 5.46. The van der Waals surface area contributed by atoms with Crippen molar-refractivity contribution in [1.82, 2.24) is 15.0 Å². The van der Waals surface area contributed by atoms with E-state index in [4.69, 9.17) is 0 Å². The highest BCUT2D eigenvalue weighted by molar-refractivity contribution is 5.60. The zero-order valence-electron chi connectivity index (χ0n) is 13.5. The minimum absolute atomic E-state index is 0.525. The van der Waals surface area contributed by atoms with E-state index < -0.39 is 0 Å². The first-order valence-electron chi connectivity index (χ1n) is 7.49. The zero-order valence-corrected chi connectivity index (χ0v) is 13.5. The number of aromatic nitrogens is 3. The molecule has 2 N–H and O–H groups in total. The molecule has 1 heterocycles. The Kier molecular flexibility index (Phi) is 4.19. The number of aryl methyl sites for hydroxylation is 3. The molecule has 3 aromatic rings. The summed E-state index contributed by atoms with van der Waals surface area (Å²) in [6.07, 6.45) is 0. The highest BCUT2D eigenvalue weighted by Gasteiger charge is 2.06. The quantitative estimate of drug-likeness (QED) is 0.753. The van der Waals surface area contributed by atoms with Crippen molar-refractivity contribution < 1.29 is 0 Å². The first-order chi connectivity index (χ1) is 11.1. The Morgan fingerprint density at radius 3 is 2.04 bits per heavy atom. The summed E-state index contributed by atoms with van der Waals surface area (Å²) < 4.78 is 0. The minimum atomic E-state index is 0.525. The predicted molar refractivity (Wildman–Crippen MR) is 93.5 cm³/mol. The van der Waals surface area contributed by atoms with Crippen molar-refractivity contribution in [2.75, 3.05) is 10.6 Å². The third-order valence-corrected chi connectivity index (χ3v) is 3.45. The Morgan fingerprint density at radius 1 is 0.696 bits per heavy atom. The van der Waals surface area contributed by atoms with Gasteiger partial charge in [0.25, 0.3) is 0 Å². The Balaban J connectivity index is 1.84. The molecule has 116 valence electrons. The van der Waals surface area contributed by atoms with Crippen LogP contribution in [0.25, 0.3) is 0 Å². The molecule has 1 aromatic heterocycles. The van der Waals surface area contributed by atoms with Crippen LogP contribution in [-0.2, 0) is 0 Å². The smallest absolute Gasteiger partial charge is 0.232 e. The third kappa shape index (κ3) is 3.83. The Hall–Kier alpha value is -2.95. The number of nitrogens with zero attached hydrogens (tertiary/aromatic N) is 3. The standard InChI is InChI=1S/C18H19N5/c1-12-8-10-15(11-9-12)21-17-19-14(3)20-18(23-17)22-16-7-5-4-6-13(16)2/h4-11H,1-3H3,(H2,19,20,21,22,23). The fourth-order valence-electron chi connectivity index (χ4n) is 2.19. The first-order valence-corrected chi connectivity index (χ1v) is 7.49. The summed E-state index contributed by atoms with van der Waals surface area (Å²) in [4.78, 5) is 13.1. The van der Waals surface area contributed by atoms with Gasteiger partial charge in [0.15, 0.2) is 0 Å². The van der Waals surface area contributed by atoms with Gasteiger partial charge in [-0.1, -0.05) is 35.9 Å². The average Bonchev–Trinajstić information content (AvgIpc) is 2.51. The Labute approximate surface area is 135 Å². The van der Waals surface area contributed by atoms with Gasteiger partial charge >= 0.3 is 0 Å². The molecule has 2 aromatic carbocycles. The van der Waals surface area contributed by atoms with E-state index in [9.17, 15) is 0 Å². The van der Waals surface area contributed by atoms with E-state index in [1.165, 1.54) is 5.56 Å². The average molecular weight is 305 g/mol. The predicted octanol–water partition coefficient (Wildman–Crippen LogP) is 4.28. The van der Waals surface area contributed by atoms with Gasteiger partial charge in [-0.05, 0) is 44.5 Å². The Morgan fingerprint density at radius 2 is 1.35 bits per heavy atom. The van der Waals surface area contributed by atoms with Gasteiger partial charge in [0.2, 0.25) is 11.9 Å². The van der Waals surface area contributed by atoms with E-state index in [1.807, 2.05) is 62.4 Å². The summed E-state index contributed by atoms with van der Waals surface area (Å²) in [5.41, 5.74) is 4.28. The van der Waals surface area contributed by atoms with Crippen LogP contribution in [0.1, 0.15) is 17.0 Å². The van der Waals surface area contributed by atoms with Crippen LogP contribution in [-0.4, -0.2) is 15.0 Å². The lowest BCUT2D eigenvalue weighted by Crippen LogP contribution is -2.06. The summed E-state index contributed by atoms with van der Waals surface area (Å²) >= 11 is 0. The SMILES string of the molecule is Cc1ccc(Nc2nc(C)nc(Nc3ccccc3C)n2)cc1. The largest absolute Gasteiger partial charge is 0.324 e. The van der Waals surface area contributed by atoms with E-state index in [2.05, 4.69) is 32.5 Å². The lowest BCUT2D eigenvalue weighted by atomic mass is 10.2. The number of nitrogens with one attached hydrogen (secondary N) is 2. The van der Waals surface area contributed by atoms with Crippen molar-refractivity contribution in [1.29, 1.82) is 0 Å². The fraction of sp³-hybridized carbons (Fsp3) is 0.167. The van der Waals surface area contributed by atoms with Gasteiger partial charge in [0.05, 0.1) is 0 Å². The van der Waals surface area contributed by atoms with Crippen molar-refractivity contribution in [3.05, 3.63) is 65.5 Å². The van der Waals surface area contributed by atoms with E-state index in [1.54, 1.807) is 0 Å². The second kappa shape index (κ2) is 6.44. The van der Waals surface area contributed by atoms with Crippen LogP contribution in [0.5, 0.6) is 0 Å². The lowest BCUT2D eigenvalue weighted by molar-refractivity contribution is 0.989. The van der Waals surface area contributed by atoms with E-state index >= 15 is 0 Å². The van der Waals surface area contributed by atoms with Crippen LogP contribution in [0, 0.1) is 20.8 Å². The van der Waals surface area contributed by atoms with Gasteiger partial charge in [-0.2, -0.15) is 15.0 Å².